The van der Waals surface area contributed by atoms with Crippen LogP contribution in [0.15, 0.2) is 67.1 Å². The molecule has 2 atom stereocenters. The van der Waals surface area contributed by atoms with Crippen molar-refractivity contribution in [2.75, 3.05) is 20.2 Å². The van der Waals surface area contributed by atoms with Gasteiger partial charge in [0.25, 0.3) is 5.91 Å². The minimum Gasteiger partial charge on any atom is -0.497 e. The van der Waals surface area contributed by atoms with Crippen molar-refractivity contribution in [1.29, 1.82) is 0 Å². The Morgan fingerprint density at radius 3 is 2.45 bits per heavy atom. The molecule has 2 aromatic heterocycles. The van der Waals surface area contributed by atoms with Gasteiger partial charge >= 0.3 is 0 Å². The number of likely N-dealkylation sites (tertiary alicyclic amines) is 1. The molecule has 0 spiro atoms. The molecule has 0 bridgehead atoms. The molecular weight excluding hydrogens is 364 g/mol. The van der Waals surface area contributed by atoms with Gasteiger partial charge in [-0.15, -0.1) is 0 Å². The second-order valence-electron chi connectivity index (χ2n) is 7.77. The van der Waals surface area contributed by atoms with Crippen molar-refractivity contribution >= 4 is 5.91 Å². The normalized spacial score (nSPS) is 21.1. The zero-order valence-corrected chi connectivity index (χ0v) is 16.4. The molecule has 0 radical (unpaired) electrons. The molecule has 6 nitrogen and oxygen atoms in total. The third-order valence-electron chi connectivity index (χ3n) is 6.02. The van der Waals surface area contributed by atoms with E-state index in [1.807, 2.05) is 59.9 Å². The highest BCUT2D eigenvalue weighted by atomic mass is 16.5. The van der Waals surface area contributed by atoms with E-state index in [2.05, 4.69) is 26.6 Å². The number of carbonyl (C=O) groups is 1. The van der Waals surface area contributed by atoms with Crippen LogP contribution in [0.4, 0.5) is 0 Å². The molecular formula is C23H24N4O2. The Morgan fingerprint density at radius 2 is 1.69 bits per heavy atom. The summed E-state index contributed by atoms with van der Waals surface area (Å²) in [7, 11) is 1.66. The molecule has 2 aliphatic rings. The number of fused-ring (bicyclic) bond motifs is 3. The smallest absolute Gasteiger partial charge is 0.271 e. The molecule has 0 saturated carbocycles. The van der Waals surface area contributed by atoms with Crippen LogP contribution in [0.5, 0.6) is 5.75 Å². The fourth-order valence-electron chi connectivity index (χ4n) is 4.58. The number of hydrogen-bond acceptors (Lipinski definition) is 4. The zero-order chi connectivity index (χ0) is 19.8. The summed E-state index contributed by atoms with van der Waals surface area (Å²) in [5, 5.41) is 0. The van der Waals surface area contributed by atoms with Crippen molar-refractivity contribution in [3.05, 3.63) is 83.9 Å². The van der Waals surface area contributed by atoms with Gasteiger partial charge in [0.2, 0.25) is 0 Å². The number of ether oxygens (including phenoxy) is 1. The number of nitrogens with zero attached hydrogens (tertiary/aromatic N) is 4. The first-order chi connectivity index (χ1) is 14.2. The van der Waals surface area contributed by atoms with Crippen LogP contribution in [0.1, 0.15) is 27.7 Å². The molecule has 1 aromatic carbocycles. The summed E-state index contributed by atoms with van der Waals surface area (Å²) in [6.07, 6.45) is 5.72. The summed E-state index contributed by atoms with van der Waals surface area (Å²) in [5.74, 6) is 0.938. The van der Waals surface area contributed by atoms with Crippen molar-refractivity contribution in [1.82, 2.24) is 19.4 Å². The van der Waals surface area contributed by atoms with Crippen LogP contribution < -0.4 is 4.74 Å². The average molecular weight is 388 g/mol. The van der Waals surface area contributed by atoms with Gasteiger partial charge in [0.1, 0.15) is 11.4 Å². The van der Waals surface area contributed by atoms with Crippen molar-refractivity contribution < 1.29 is 9.53 Å². The Labute approximate surface area is 170 Å². The average Bonchev–Trinajstić information content (AvgIpc) is 3.39. The molecule has 0 unspecified atom stereocenters. The second-order valence-corrected chi connectivity index (χ2v) is 7.77. The Bertz CT molecular complexity index is 999. The van der Waals surface area contributed by atoms with E-state index >= 15 is 0 Å². The predicted octanol–water partition coefficient (Wildman–Crippen LogP) is 2.97. The van der Waals surface area contributed by atoms with Crippen LogP contribution in [-0.4, -0.2) is 51.5 Å². The maximum absolute atomic E-state index is 13.3. The van der Waals surface area contributed by atoms with Crippen LogP contribution in [0.25, 0.3) is 0 Å². The molecule has 4 heterocycles. The SMILES string of the molecule is COc1ccc(CN2C(=O)c3cccn3[C@@H]3CN(Cc4ccncc4)C[C@@H]32)cc1. The highest BCUT2D eigenvalue weighted by molar-refractivity contribution is 5.94. The molecule has 0 aliphatic carbocycles. The topological polar surface area (TPSA) is 50.6 Å². The highest BCUT2D eigenvalue weighted by Crippen LogP contribution is 2.35. The Hall–Kier alpha value is -3.12. The van der Waals surface area contributed by atoms with E-state index in [-0.39, 0.29) is 18.0 Å². The Morgan fingerprint density at radius 1 is 0.966 bits per heavy atom. The molecule has 29 heavy (non-hydrogen) atoms. The van der Waals surface area contributed by atoms with Gasteiger partial charge in [0, 0.05) is 44.8 Å². The summed E-state index contributed by atoms with van der Waals surface area (Å²) in [4.78, 5) is 21.9. The quantitative estimate of drug-likeness (QED) is 0.674. The van der Waals surface area contributed by atoms with Gasteiger partial charge in [-0.2, -0.15) is 0 Å². The summed E-state index contributed by atoms with van der Waals surface area (Å²) < 4.78 is 7.43. The van der Waals surface area contributed by atoms with Crippen molar-refractivity contribution in [3.63, 3.8) is 0 Å². The van der Waals surface area contributed by atoms with E-state index in [0.717, 1.165) is 36.6 Å². The molecule has 1 fully saturated rings. The number of methoxy groups -OCH3 is 1. The Kier molecular flexibility index (Phi) is 4.56. The van der Waals surface area contributed by atoms with Gasteiger partial charge in [-0.25, -0.2) is 0 Å². The molecule has 1 saturated heterocycles. The number of benzene rings is 1. The number of pyridine rings is 1. The minimum absolute atomic E-state index is 0.109. The zero-order valence-electron chi connectivity index (χ0n) is 16.4. The van der Waals surface area contributed by atoms with Crippen LogP contribution >= 0.6 is 0 Å². The van der Waals surface area contributed by atoms with Gasteiger partial charge < -0.3 is 14.2 Å². The summed E-state index contributed by atoms with van der Waals surface area (Å²) in [6, 6.07) is 16.5. The van der Waals surface area contributed by atoms with Crippen LogP contribution in [-0.2, 0) is 13.1 Å². The highest BCUT2D eigenvalue weighted by Gasteiger charge is 2.44. The lowest BCUT2D eigenvalue weighted by atomic mass is 10.0. The van der Waals surface area contributed by atoms with Crippen molar-refractivity contribution in [2.45, 2.75) is 25.2 Å². The molecule has 5 rings (SSSR count). The molecule has 1 amide bonds. The Balaban J connectivity index is 1.41. The van der Waals surface area contributed by atoms with Crippen LogP contribution in [0.3, 0.4) is 0 Å². The summed E-state index contributed by atoms with van der Waals surface area (Å²) in [5.41, 5.74) is 3.15. The van der Waals surface area contributed by atoms with Gasteiger partial charge in [0.15, 0.2) is 0 Å². The lowest BCUT2D eigenvalue weighted by Gasteiger charge is -2.38. The fourth-order valence-corrected chi connectivity index (χ4v) is 4.58. The maximum Gasteiger partial charge on any atom is 0.271 e. The van der Waals surface area contributed by atoms with E-state index in [9.17, 15) is 4.79 Å². The van der Waals surface area contributed by atoms with Gasteiger partial charge in [0.05, 0.1) is 19.2 Å². The van der Waals surface area contributed by atoms with Crippen molar-refractivity contribution in [3.8, 4) is 5.75 Å². The summed E-state index contributed by atoms with van der Waals surface area (Å²) in [6.45, 7) is 3.28. The third-order valence-corrected chi connectivity index (χ3v) is 6.02. The summed E-state index contributed by atoms with van der Waals surface area (Å²) >= 11 is 0. The third kappa shape index (κ3) is 3.29. The van der Waals surface area contributed by atoms with E-state index in [1.54, 1.807) is 7.11 Å². The number of rotatable bonds is 5. The number of hydrogen-bond donors (Lipinski definition) is 0. The predicted molar refractivity (Wildman–Crippen MR) is 110 cm³/mol. The first-order valence-electron chi connectivity index (χ1n) is 9.95. The second kappa shape index (κ2) is 7.37. The molecule has 6 heteroatoms. The van der Waals surface area contributed by atoms with E-state index in [0.29, 0.717) is 6.54 Å². The van der Waals surface area contributed by atoms with E-state index in [1.165, 1.54) is 5.56 Å². The monoisotopic (exact) mass is 388 g/mol. The van der Waals surface area contributed by atoms with E-state index in [4.69, 9.17) is 4.74 Å². The molecule has 148 valence electrons. The lowest BCUT2D eigenvalue weighted by molar-refractivity contribution is 0.0556. The van der Waals surface area contributed by atoms with E-state index < -0.39 is 0 Å². The molecule has 2 aliphatic heterocycles. The lowest BCUT2D eigenvalue weighted by Crippen LogP contribution is -2.49. The van der Waals surface area contributed by atoms with Crippen LogP contribution in [0, 0.1) is 0 Å². The number of aromatic nitrogens is 2. The fraction of sp³-hybridized carbons (Fsp3) is 0.304. The molecule has 3 aromatic rings. The minimum atomic E-state index is 0.109. The van der Waals surface area contributed by atoms with Gasteiger partial charge in [-0.05, 0) is 47.5 Å². The van der Waals surface area contributed by atoms with Gasteiger partial charge in [-0.1, -0.05) is 12.1 Å². The maximum atomic E-state index is 13.3. The number of carbonyl (C=O) groups excluding carboxylic acids is 1. The standard InChI is InChI=1S/C23H24N4O2/c1-29-19-6-4-17(5-7-19)14-27-22-16-25(13-18-8-10-24-11-9-18)15-21(22)26-12-2-3-20(26)23(27)28/h2-12,21-22H,13-16H2,1H3/t21-,22+/m1/s1. The first-order valence-corrected chi connectivity index (χ1v) is 9.95. The number of amides is 1. The molecule has 0 N–H and O–H groups in total. The van der Waals surface area contributed by atoms with Crippen LogP contribution in [0.2, 0.25) is 0 Å². The van der Waals surface area contributed by atoms with Crippen molar-refractivity contribution in [2.24, 2.45) is 0 Å². The van der Waals surface area contributed by atoms with Gasteiger partial charge in [-0.3, -0.25) is 14.7 Å². The largest absolute Gasteiger partial charge is 0.497 e. The first kappa shape index (κ1) is 17.9.